The third kappa shape index (κ3) is 4.76. The lowest BCUT2D eigenvalue weighted by molar-refractivity contribution is -0.152. The summed E-state index contributed by atoms with van der Waals surface area (Å²) < 4.78 is 10.9. The first-order valence-corrected chi connectivity index (χ1v) is 8.55. The number of carboxylic acid groups (broad SMARTS) is 1. The summed E-state index contributed by atoms with van der Waals surface area (Å²) in [4.78, 5) is 23.7. The Kier molecular flexibility index (Phi) is 6.05. The number of ether oxygens (including phenoxy) is 2. The molecule has 1 N–H and O–H groups in total. The summed E-state index contributed by atoms with van der Waals surface area (Å²) in [5.74, 6) is -0.127. The molecule has 0 unspecified atom stereocenters. The molecule has 0 saturated carbocycles. The van der Waals surface area contributed by atoms with Gasteiger partial charge < -0.3 is 14.6 Å². The molecule has 5 heteroatoms. The van der Waals surface area contributed by atoms with Gasteiger partial charge in [-0.05, 0) is 74.7 Å². The zero-order chi connectivity index (χ0) is 20.2. The molecule has 0 aliphatic carbocycles. The van der Waals surface area contributed by atoms with Gasteiger partial charge in [-0.2, -0.15) is 0 Å². The Morgan fingerprint density at radius 1 is 1.07 bits per heavy atom. The highest BCUT2D eigenvalue weighted by atomic mass is 16.5. The van der Waals surface area contributed by atoms with E-state index in [0.717, 1.165) is 16.7 Å². The fraction of sp³-hybridized carbons (Fsp3) is 0.273. The second-order valence-corrected chi connectivity index (χ2v) is 6.80. The Morgan fingerprint density at radius 3 is 2.22 bits per heavy atom. The van der Waals surface area contributed by atoms with E-state index in [9.17, 15) is 14.7 Å². The number of para-hydroxylation sites is 1. The van der Waals surface area contributed by atoms with E-state index in [2.05, 4.69) is 0 Å². The van der Waals surface area contributed by atoms with Gasteiger partial charge in [0.15, 0.2) is 11.4 Å². The number of aliphatic carboxylic acids is 1. The standard InChI is InChI=1S/C22H24O5/c1-14-12-16(13-15(2)20(14)27-22(3,4)21(24)25)10-11-18(23)17-8-6-7-9-19(17)26-5/h6-13H,1-5H3,(H,24,25)/b11-10+. The van der Waals surface area contributed by atoms with Crippen molar-refractivity contribution in [2.75, 3.05) is 7.11 Å². The lowest BCUT2D eigenvalue weighted by atomic mass is 10.0. The van der Waals surface area contributed by atoms with Crippen LogP contribution in [0.1, 0.15) is 40.9 Å². The number of methoxy groups -OCH3 is 1. The molecule has 0 radical (unpaired) electrons. The molecule has 2 aromatic rings. The number of hydrogen-bond donors (Lipinski definition) is 1. The molecule has 0 bridgehead atoms. The molecule has 0 aromatic heterocycles. The lowest BCUT2D eigenvalue weighted by Crippen LogP contribution is -2.38. The highest BCUT2D eigenvalue weighted by Gasteiger charge is 2.30. The van der Waals surface area contributed by atoms with Crippen LogP contribution in [0.15, 0.2) is 42.5 Å². The summed E-state index contributed by atoms with van der Waals surface area (Å²) in [6.07, 6.45) is 3.22. The smallest absolute Gasteiger partial charge is 0.347 e. The van der Waals surface area contributed by atoms with E-state index >= 15 is 0 Å². The average molecular weight is 368 g/mol. The molecular weight excluding hydrogens is 344 g/mol. The predicted octanol–water partition coefficient (Wildman–Crippen LogP) is 4.45. The monoisotopic (exact) mass is 368 g/mol. The minimum Gasteiger partial charge on any atom is -0.496 e. The zero-order valence-electron chi connectivity index (χ0n) is 16.2. The fourth-order valence-corrected chi connectivity index (χ4v) is 2.65. The van der Waals surface area contributed by atoms with Crippen molar-refractivity contribution < 1.29 is 24.2 Å². The van der Waals surface area contributed by atoms with E-state index in [4.69, 9.17) is 9.47 Å². The van der Waals surface area contributed by atoms with Gasteiger partial charge in [0.1, 0.15) is 11.5 Å². The van der Waals surface area contributed by atoms with E-state index in [0.29, 0.717) is 17.1 Å². The van der Waals surface area contributed by atoms with Crippen LogP contribution >= 0.6 is 0 Å². The lowest BCUT2D eigenvalue weighted by Gasteiger charge is -2.24. The quantitative estimate of drug-likeness (QED) is 0.577. The van der Waals surface area contributed by atoms with Gasteiger partial charge in [-0.25, -0.2) is 4.79 Å². The average Bonchev–Trinajstić information content (AvgIpc) is 2.62. The van der Waals surface area contributed by atoms with Crippen molar-refractivity contribution in [3.8, 4) is 11.5 Å². The summed E-state index contributed by atoms with van der Waals surface area (Å²) in [6.45, 7) is 6.71. The van der Waals surface area contributed by atoms with E-state index < -0.39 is 11.6 Å². The molecule has 0 amide bonds. The molecule has 0 heterocycles. The Morgan fingerprint density at radius 2 is 1.67 bits per heavy atom. The van der Waals surface area contributed by atoms with Crippen molar-refractivity contribution in [1.82, 2.24) is 0 Å². The molecule has 0 aliphatic rings. The molecule has 0 aliphatic heterocycles. The third-order valence-corrected chi connectivity index (χ3v) is 4.15. The number of aryl methyl sites for hydroxylation is 2. The Labute approximate surface area is 159 Å². The predicted molar refractivity (Wildman–Crippen MR) is 105 cm³/mol. The molecule has 2 aromatic carbocycles. The van der Waals surface area contributed by atoms with Crippen molar-refractivity contribution in [3.05, 3.63) is 64.7 Å². The maximum Gasteiger partial charge on any atom is 0.347 e. The fourth-order valence-electron chi connectivity index (χ4n) is 2.65. The normalized spacial score (nSPS) is 11.4. The third-order valence-electron chi connectivity index (χ3n) is 4.15. The number of carboxylic acids is 1. The maximum atomic E-state index is 12.4. The molecule has 0 atom stereocenters. The largest absolute Gasteiger partial charge is 0.496 e. The van der Waals surface area contributed by atoms with Gasteiger partial charge >= 0.3 is 5.97 Å². The molecule has 27 heavy (non-hydrogen) atoms. The van der Waals surface area contributed by atoms with Crippen LogP contribution in [-0.4, -0.2) is 29.6 Å². The van der Waals surface area contributed by atoms with E-state index in [1.807, 2.05) is 32.0 Å². The van der Waals surface area contributed by atoms with Crippen LogP contribution in [0.25, 0.3) is 6.08 Å². The minimum absolute atomic E-state index is 0.157. The van der Waals surface area contributed by atoms with Crippen molar-refractivity contribution >= 4 is 17.8 Å². The van der Waals surface area contributed by atoms with Crippen molar-refractivity contribution in [2.24, 2.45) is 0 Å². The number of carbonyl (C=O) groups is 2. The van der Waals surface area contributed by atoms with Gasteiger partial charge in [0.2, 0.25) is 0 Å². The molecule has 5 nitrogen and oxygen atoms in total. The highest BCUT2D eigenvalue weighted by Crippen LogP contribution is 2.29. The summed E-state index contributed by atoms with van der Waals surface area (Å²) in [7, 11) is 1.53. The first-order valence-electron chi connectivity index (χ1n) is 8.55. The van der Waals surface area contributed by atoms with Crippen molar-refractivity contribution in [3.63, 3.8) is 0 Å². The topological polar surface area (TPSA) is 72.8 Å². The molecular formula is C22H24O5. The van der Waals surface area contributed by atoms with E-state index in [1.165, 1.54) is 27.0 Å². The first-order chi connectivity index (χ1) is 12.7. The van der Waals surface area contributed by atoms with Crippen molar-refractivity contribution in [2.45, 2.75) is 33.3 Å². The molecule has 0 fully saturated rings. The number of carbonyl (C=O) groups excluding carboxylic acids is 1. The summed E-state index contributed by atoms with van der Waals surface area (Å²) >= 11 is 0. The second-order valence-electron chi connectivity index (χ2n) is 6.80. The molecule has 0 saturated heterocycles. The van der Waals surface area contributed by atoms with Crippen LogP contribution in [0, 0.1) is 13.8 Å². The maximum absolute atomic E-state index is 12.4. The number of rotatable bonds is 7. The summed E-state index contributed by atoms with van der Waals surface area (Å²) in [6, 6.07) is 10.8. The zero-order valence-corrected chi connectivity index (χ0v) is 16.2. The van der Waals surface area contributed by atoms with Crippen LogP contribution in [-0.2, 0) is 4.79 Å². The number of benzene rings is 2. The van der Waals surface area contributed by atoms with Crippen molar-refractivity contribution in [1.29, 1.82) is 0 Å². The number of allylic oxidation sites excluding steroid dienone is 1. The van der Waals surface area contributed by atoms with Crippen LogP contribution in [0.2, 0.25) is 0 Å². The first kappa shape index (κ1) is 20.2. The van der Waals surface area contributed by atoms with Crippen LogP contribution in [0.3, 0.4) is 0 Å². The minimum atomic E-state index is -1.33. The summed E-state index contributed by atoms with van der Waals surface area (Å²) in [5.41, 5.74) is 1.59. The van der Waals surface area contributed by atoms with Gasteiger partial charge in [0, 0.05) is 0 Å². The second kappa shape index (κ2) is 8.08. The van der Waals surface area contributed by atoms with Gasteiger partial charge in [-0.15, -0.1) is 0 Å². The number of hydrogen-bond acceptors (Lipinski definition) is 4. The van der Waals surface area contributed by atoms with Crippen LogP contribution in [0.5, 0.6) is 11.5 Å². The Hall–Kier alpha value is -3.08. The molecule has 0 spiro atoms. The van der Waals surface area contributed by atoms with Crippen LogP contribution < -0.4 is 9.47 Å². The SMILES string of the molecule is COc1ccccc1C(=O)/C=C/c1cc(C)c(OC(C)(C)C(=O)O)c(C)c1. The summed E-state index contributed by atoms with van der Waals surface area (Å²) in [5, 5.41) is 9.25. The Bertz CT molecular complexity index is 870. The van der Waals surface area contributed by atoms with Crippen LogP contribution in [0.4, 0.5) is 0 Å². The van der Waals surface area contributed by atoms with Gasteiger partial charge in [-0.3, -0.25) is 4.79 Å². The van der Waals surface area contributed by atoms with Gasteiger partial charge in [0.25, 0.3) is 0 Å². The molecule has 142 valence electrons. The van der Waals surface area contributed by atoms with Gasteiger partial charge in [0.05, 0.1) is 12.7 Å². The van der Waals surface area contributed by atoms with E-state index in [1.54, 1.807) is 24.3 Å². The van der Waals surface area contributed by atoms with Gasteiger partial charge in [-0.1, -0.05) is 18.2 Å². The molecule has 2 rings (SSSR count). The van der Waals surface area contributed by atoms with E-state index in [-0.39, 0.29) is 5.78 Å². The highest BCUT2D eigenvalue weighted by molar-refractivity contribution is 6.08. The Balaban J connectivity index is 2.27. The number of ketones is 1.